The summed E-state index contributed by atoms with van der Waals surface area (Å²) in [7, 11) is 0. The Morgan fingerprint density at radius 2 is 2.11 bits per heavy atom. The van der Waals surface area contributed by atoms with Crippen LogP contribution >= 0.6 is 0 Å². The van der Waals surface area contributed by atoms with Crippen molar-refractivity contribution in [1.82, 2.24) is 0 Å². The number of nitrogens with two attached hydrogens (primary N) is 1. The van der Waals surface area contributed by atoms with Gasteiger partial charge in [-0.2, -0.15) is 0 Å². The van der Waals surface area contributed by atoms with E-state index >= 15 is 0 Å². The van der Waals surface area contributed by atoms with E-state index < -0.39 is 5.79 Å². The molecule has 0 unspecified atom stereocenters. The van der Waals surface area contributed by atoms with E-state index in [-0.39, 0.29) is 19.4 Å². The summed E-state index contributed by atoms with van der Waals surface area (Å²) in [5.41, 5.74) is 5.09. The van der Waals surface area contributed by atoms with Crippen molar-refractivity contribution in [2.45, 2.75) is 18.6 Å². The van der Waals surface area contributed by atoms with Crippen molar-refractivity contribution in [3.8, 4) is 0 Å². The Morgan fingerprint density at radius 3 is 2.44 bits per heavy atom. The summed E-state index contributed by atoms with van der Waals surface area (Å²) in [4.78, 5) is 0. The van der Waals surface area contributed by atoms with E-state index in [0.29, 0.717) is 0 Å². The molecule has 0 saturated heterocycles. The number of hydrogen-bond acceptors (Lipinski definition) is 3. The van der Waals surface area contributed by atoms with E-state index in [1.807, 2.05) is 0 Å². The normalized spacial score (nSPS) is 11.4. The maximum Gasteiger partial charge on any atom is 0.167 e. The average Bonchev–Trinajstić information content (AvgIpc) is 1.64. The molecule has 0 aliphatic carbocycles. The number of rotatable bonds is 4. The largest absolute Gasteiger partial charge is 0.365 e. The summed E-state index contributed by atoms with van der Waals surface area (Å²) >= 11 is 0. The number of aliphatic hydroxyl groups is 2. The predicted molar refractivity (Wildman–Crippen MR) is 35.7 cm³/mol. The van der Waals surface area contributed by atoms with Crippen molar-refractivity contribution in [3.63, 3.8) is 0 Å². The molecule has 0 amide bonds. The van der Waals surface area contributed by atoms with E-state index in [2.05, 4.69) is 6.58 Å². The van der Waals surface area contributed by atoms with Gasteiger partial charge in [0.1, 0.15) is 0 Å². The lowest BCUT2D eigenvalue weighted by Gasteiger charge is -2.17. The lowest BCUT2D eigenvalue weighted by atomic mass is 10.1. The lowest BCUT2D eigenvalue weighted by molar-refractivity contribution is -0.160. The molecule has 0 atom stereocenters. The van der Waals surface area contributed by atoms with Gasteiger partial charge in [0.25, 0.3) is 0 Å². The van der Waals surface area contributed by atoms with Crippen LogP contribution in [0.3, 0.4) is 0 Å². The molecule has 0 aliphatic heterocycles. The molecule has 0 aromatic heterocycles. The first-order chi connectivity index (χ1) is 4.12. The van der Waals surface area contributed by atoms with Gasteiger partial charge in [-0.05, 0) is 6.54 Å². The molecular weight excluding hydrogens is 118 g/mol. The Hall–Kier alpha value is -0.380. The van der Waals surface area contributed by atoms with Crippen LogP contribution in [0.2, 0.25) is 0 Å². The fraction of sp³-hybridized carbons (Fsp3) is 0.667. The van der Waals surface area contributed by atoms with Gasteiger partial charge in [0.05, 0.1) is 0 Å². The van der Waals surface area contributed by atoms with Crippen LogP contribution < -0.4 is 5.73 Å². The first-order valence-corrected chi connectivity index (χ1v) is 2.88. The van der Waals surface area contributed by atoms with Gasteiger partial charge >= 0.3 is 0 Å². The zero-order valence-corrected chi connectivity index (χ0v) is 5.38. The first kappa shape index (κ1) is 8.62. The Bertz CT molecular complexity index is 91.1. The van der Waals surface area contributed by atoms with E-state index in [0.717, 1.165) is 0 Å². The van der Waals surface area contributed by atoms with Crippen LogP contribution in [0.4, 0.5) is 0 Å². The van der Waals surface area contributed by atoms with Crippen LogP contribution in [0.5, 0.6) is 0 Å². The minimum absolute atomic E-state index is 0.171. The topological polar surface area (TPSA) is 66.5 Å². The molecule has 0 saturated carbocycles. The minimum atomic E-state index is -1.64. The summed E-state index contributed by atoms with van der Waals surface area (Å²) < 4.78 is 0. The van der Waals surface area contributed by atoms with E-state index in [4.69, 9.17) is 15.9 Å². The Labute approximate surface area is 54.8 Å². The maximum absolute atomic E-state index is 8.92. The number of hydrogen-bond donors (Lipinski definition) is 3. The second kappa shape index (κ2) is 3.61. The molecular formula is C6H13NO2. The summed E-state index contributed by atoms with van der Waals surface area (Å²) in [5, 5.41) is 17.8. The molecule has 0 spiro atoms. The lowest BCUT2D eigenvalue weighted by Crippen LogP contribution is -2.30. The standard InChI is InChI=1S/C6H13NO2/c1-2-3-6(8,9)4-5-7/h2,8-9H,1,3-5,7H2. The van der Waals surface area contributed by atoms with Gasteiger partial charge in [-0.25, -0.2) is 0 Å². The second-order valence-corrected chi connectivity index (χ2v) is 2.01. The zero-order valence-electron chi connectivity index (χ0n) is 5.38. The van der Waals surface area contributed by atoms with E-state index in [9.17, 15) is 0 Å². The molecule has 0 heterocycles. The summed E-state index contributed by atoms with van der Waals surface area (Å²) in [6, 6.07) is 0. The van der Waals surface area contributed by atoms with Gasteiger partial charge in [-0.1, -0.05) is 6.08 Å². The third-order valence-corrected chi connectivity index (χ3v) is 1.02. The van der Waals surface area contributed by atoms with Crippen molar-refractivity contribution in [2.75, 3.05) is 6.54 Å². The molecule has 9 heavy (non-hydrogen) atoms. The van der Waals surface area contributed by atoms with Gasteiger partial charge in [-0.3, -0.25) is 0 Å². The molecule has 0 aromatic carbocycles. The monoisotopic (exact) mass is 131 g/mol. The van der Waals surface area contributed by atoms with Gasteiger partial charge in [-0.15, -0.1) is 6.58 Å². The van der Waals surface area contributed by atoms with E-state index in [1.165, 1.54) is 6.08 Å². The highest BCUT2D eigenvalue weighted by Gasteiger charge is 2.18. The van der Waals surface area contributed by atoms with Gasteiger partial charge in [0.15, 0.2) is 5.79 Å². The van der Waals surface area contributed by atoms with Gasteiger partial charge < -0.3 is 15.9 Å². The maximum atomic E-state index is 8.92. The fourth-order valence-corrected chi connectivity index (χ4v) is 0.564. The van der Waals surface area contributed by atoms with Crippen molar-refractivity contribution in [1.29, 1.82) is 0 Å². The predicted octanol–water partition coefficient (Wildman–Crippen LogP) is -0.408. The van der Waals surface area contributed by atoms with Gasteiger partial charge in [0, 0.05) is 12.8 Å². The zero-order chi connectivity index (χ0) is 7.33. The third kappa shape index (κ3) is 4.14. The SMILES string of the molecule is C=CCC(O)(O)CCN. The molecule has 4 N–H and O–H groups in total. The fourth-order valence-electron chi connectivity index (χ4n) is 0.564. The van der Waals surface area contributed by atoms with Crippen LogP contribution in [0.25, 0.3) is 0 Å². The second-order valence-electron chi connectivity index (χ2n) is 2.01. The highest BCUT2D eigenvalue weighted by molar-refractivity contribution is 4.77. The highest BCUT2D eigenvalue weighted by Crippen LogP contribution is 2.09. The molecule has 0 aliphatic rings. The van der Waals surface area contributed by atoms with Crippen LogP contribution in [0.15, 0.2) is 12.7 Å². The van der Waals surface area contributed by atoms with Gasteiger partial charge in [0.2, 0.25) is 0 Å². The summed E-state index contributed by atoms with van der Waals surface area (Å²) in [5.74, 6) is -1.64. The summed E-state index contributed by atoms with van der Waals surface area (Å²) in [6.45, 7) is 3.65. The smallest absolute Gasteiger partial charge is 0.167 e. The van der Waals surface area contributed by atoms with Crippen LogP contribution in [-0.4, -0.2) is 22.5 Å². The molecule has 0 radical (unpaired) electrons. The van der Waals surface area contributed by atoms with Crippen LogP contribution in [0, 0.1) is 0 Å². The van der Waals surface area contributed by atoms with Crippen molar-refractivity contribution in [2.24, 2.45) is 5.73 Å². The third-order valence-electron chi connectivity index (χ3n) is 1.02. The van der Waals surface area contributed by atoms with Crippen molar-refractivity contribution in [3.05, 3.63) is 12.7 Å². The summed E-state index contributed by atoms with van der Waals surface area (Å²) in [6.07, 6.45) is 1.82. The Balaban J connectivity index is 3.55. The molecule has 0 bridgehead atoms. The quantitative estimate of drug-likeness (QED) is 0.359. The first-order valence-electron chi connectivity index (χ1n) is 2.88. The molecule has 0 aromatic rings. The highest BCUT2D eigenvalue weighted by atomic mass is 16.5. The van der Waals surface area contributed by atoms with Crippen LogP contribution in [0.1, 0.15) is 12.8 Å². The average molecular weight is 131 g/mol. The van der Waals surface area contributed by atoms with Crippen molar-refractivity contribution < 1.29 is 10.2 Å². The molecule has 54 valence electrons. The Kier molecular flexibility index (Phi) is 3.46. The molecule has 3 heteroatoms. The minimum Gasteiger partial charge on any atom is -0.365 e. The molecule has 0 fully saturated rings. The van der Waals surface area contributed by atoms with Crippen LogP contribution in [-0.2, 0) is 0 Å². The van der Waals surface area contributed by atoms with E-state index in [1.54, 1.807) is 0 Å². The Morgan fingerprint density at radius 1 is 1.56 bits per heavy atom. The van der Waals surface area contributed by atoms with Crippen molar-refractivity contribution >= 4 is 0 Å². The molecule has 0 rings (SSSR count). The molecule has 3 nitrogen and oxygen atoms in total.